The molecule has 0 spiro atoms. The normalized spacial score (nSPS) is 12.1. The predicted molar refractivity (Wildman–Crippen MR) is 335 cm³/mol. The third kappa shape index (κ3) is 64.6. The van der Waals surface area contributed by atoms with Gasteiger partial charge in [0.05, 0.1) is 0 Å². The van der Waals surface area contributed by atoms with E-state index in [1.165, 1.54) is 276 Å². The van der Waals surface area contributed by atoms with Crippen LogP contribution < -0.4 is 0 Å². The van der Waals surface area contributed by atoms with Crippen molar-refractivity contribution in [2.24, 2.45) is 0 Å². The molecule has 1 atom stereocenters. The smallest absolute Gasteiger partial charge is 0.306 e. The summed E-state index contributed by atoms with van der Waals surface area (Å²) in [6.45, 7) is 6.69. The molecule has 0 rings (SSSR count). The molecule has 0 N–H and O–H groups in total. The zero-order chi connectivity index (χ0) is 55.7. The number of rotatable bonds is 65. The van der Waals surface area contributed by atoms with Gasteiger partial charge in [-0.3, -0.25) is 14.4 Å². The van der Waals surface area contributed by atoms with Gasteiger partial charge in [0.2, 0.25) is 0 Å². The molecule has 1 unspecified atom stereocenters. The van der Waals surface area contributed by atoms with Gasteiger partial charge in [0.1, 0.15) is 13.2 Å². The quantitative estimate of drug-likeness (QED) is 0.0261. The summed E-state index contributed by atoms with van der Waals surface area (Å²) in [7, 11) is 0. The standard InChI is InChI=1S/C71H134O6/c1-4-7-10-13-16-19-22-25-28-30-32-33-34-35-36-37-39-40-43-46-49-52-55-58-61-64-70(73)76-67-68(66-75-69(72)63-60-57-54-51-48-45-42-27-24-21-18-15-12-9-6-3)77-71(74)65-62-59-56-53-50-47-44-41-38-31-29-26-23-20-17-14-11-8-5-2/h18,21,27,42,68H,4-17,19-20,22-26,28-41,43-67H2,1-3H3/b21-18-,42-27-. The Kier molecular flexibility index (Phi) is 64.6. The fourth-order valence-electron chi connectivity index (χ4n) is 10.7. The molecule has 0 radical (unpaired) electrons. The van der Waals surface area contributed by atoms with Crippen molar-refractivity contribution < 1.29 is 28.6 Å². The number of hydrogen-bond acceptors (Lipinski definition) is 6. The number of unbranched alkanes of at least 4 members (excludes halogenated alkanes) is 50. The summed E-state index contributed by atoms with van der Waals surface area (Å²) in [6.07, 6.45) is 80.6. The molecule has 0 saturated heterocycles. The van der Waals surface area contributed by atoms with Crippen LogP contribution in [0.3, 0.4) is 0 Å². The molecule has 454 valence electrons. The highest BCUT2D eigenvalue weighted by Crippen LogP contribution is 2.19. The first kappa shape index (κ1) is 74.9. The summed E-state index contributed by atoms with van der Waals surface area (Å²) in [5.41, 5.74) is 0. The Morgan fingerprint density at radius 1 is 0.260 bits per heavy atom. The van der Waals surface area contributed by atoms with Gasteiger partial charge in [-0.1, -0.05) is 347 Å². The highest BCUT2D eigenvalue weighted by molar-refractivity contribution is 5.71. The molecule has 0 aliphatic rings. The van der Waals surface area contributed by atoms with Crippen LogP contribution in [0.25, 0.3) is 0 Å². The lowest BCUT2D eigenvalue weighted by atomic mass is 10.0. The van der Waals surface area contributed by atoms with Gasteiger partial charge >= 0.3 is 17.9 Å². The molecule has 0 bridgehead atoms. The van der Waals surface area contributed by atoms with Crippen LogP contribution in [-0.2, 0) is 28.6 Å². The van der Waals surface area contributed by atoms with Crippen LogP contribution >= 0.6 is 0 Å². The fraction of sp³-hybridized carbons (Fsp3) is 0.901. The van der Waals surface area contributed by atoms with E-state index in [-0.39, 0.29) is 31.1 Å². The van der Waals surface area contributed by atoms with E-state index < -0.39 is 6.10 Å². The molecule has 0 aromatic carbocycles. The average Bonchev–Trinajstić information content (AvgIpc) is 3.43. The number of ether oxygens (including phenoxy) is 3. The highest BCUT2D eigenvalue weighted by atomic mass is 16.6. The van der Waals surface area contributed by atoms with E-state index in [1.54, 1.807) is 0 Å². The second kappa shape index (κ2) is 66.4. The summed E-state index contributed by atoms with van der Waals surface area (Å²) >= 11 is 0. The summed E-state index contributed by atoms with van der Waals surface area (Å²) in [6, 6.07) is 0. The van der Waals surface area contributed by atoms with E-state index in [4.69, 9.17) is 14.2 Å². The second-order valence-corrected chi connectivity index (χ2v) is 23.8. The van der Waals surface area contributed by atoms with E-state index in [0.29, 0.717) is 19.3 Å². The molecule has 0 amide bonds. The number of carbonyl (C=O) groups is 3. The first-order valence-corrected chi connectivity index (χ1v) is 34.8. The fourth-order valence-corrected chi connectivity index (χ4v) is 10.7. The molecule has 0 heterocycles. The Labute approximate surface area is 481 Å². The Hall–Kier alpha value is -2.11. The number of hydrogen-bond donors (Lipinski definition) is 0. The van der Waals surface area contributed by atoms with Crippen molar-refractivity contribution in [3.63, 3.8) is 0 Å². The third-order valence-electron chi connectivity index (χ3n) is 16.0. The summed E-state index contributed by atoms with van der Waals surface area (Å²) in [5, 5.41) is 0. The van der Waals surface area contributed by atoms with Crippen molar-refractivity contribution in [2.45, 2.75) is 399 Å². The predicted octanol–water partition coefficient (Wildman–Crippen LogP) is 23.8. The molecule has 0 aliphatic heterocycles. The Bertz CT molecular complexity index is 1240. The van der Waals surface area contributed by atoms with Gasteiger partial charge in [0.25, 0.3) is 0 Å². The van der Waals surface area contributed by atoms with Crippen molar-refractivity contribution in [2.75, 3.05) is 13.2 Å². The van der Waals surface area contributed by atoms with Gasteiger partial charge in [-0.25, -0.2) is 0 Å². The molecule has 0 aromatic heterocycles. The van der Waals surface area contributed by atoms with Crippen LogP contribution in [0, 0.1) is 0 Å². The first-order chi connectivity index (χ1) is 38.0. The maximum atomic E-state index is 12.9. The van der Waals surface area contributed by atoms with Crippen molar-refractivity contribution >= 4 is 17.9 Å². The summed E-state index contributed by atoms with van der Waals surface area (Å²) < 4.78 is 17.0. The van der Waals surface area contributed by atoms with Gasteiger partial charge in [-0.05, 0) is 51.4 Å². The van der Waals surface area contributed by atoms with E-state index in [1.807, 2.05) is 0 Å². The first-order valence-electron chi connectivity index (χ1n) is 34.8. The maximum Gasteiger partial charge on any atom is 0.306 e. The van der Waals surface area contributed by atoms with Crippen LogP contribution in [0.4, 0.5) is 0 Å². The lowest BCUT2D eigenvalue weighted by molar-refractivity contribution is -0.167. The third-order valence-corrected chi connectivity index (χ3v) is 16.0. The van der Waals surface area contributed by atoms with Gasteiger partial charge in [0, 0.05) is 19.3 Å². The van der Waals surface area contributed by atoms with Crippen LogP contribution in [-0.4, -0.2) is 37.2 Å². The van der Waals surface area contributed by atoms with Gasteiger partial charge in [-0.2, -0.15) is 0 Å². The lowest BCUT2D eigenvalue weighted by Crippen LogP contribution is -2.30. The number of esters is 3. The number of allylic oxidation sites excluding steroid dienone is 4. The van der Waals surface area contributed by atoms with Crippen molar-refractivity contribution in [1.29, 1.82) is 0 Å². The molecule has 0 fully saturated rings. The topological polar surface area (TPSA) is 78.9 Å². The molecular formula is C71H134O6. The molecule has 0 aliphatic carbocycles. The largest absolute Gasteiger partial charge is 0.462 e. The number of carbonyl (C=O) groups excluding carboxylic acids is 3. The SMILES string of the molecule is CCCCC/C=C\C/C=C\CCCCCCCC(=O)OCC(COC(=O)CCCCCCCCCCCCCCCCCCCCCCCCCCC)OC(=O)CCCCCCCCCCCCCCCCCCCCC. The Morgan fingerprint density at radius 2 is 0.468 bits per heavy atom. The Morgan fingerprint density at radius 3 is 0.740 bits per heavy atom. The van der Waals surface area contributed by atoms with Crippen LogP contribution in [0.15, 0.2) is 24.3 Å². The van der Waals surface area contributed by atoms with Crippen molar-refractivity contribution in [3.05, 3.63) is 24.3 Å². The van der Waals surface area contributed by atoms with Crippen LogP contribution in [0.5, 0.6) is 0 Å². The second-order valence-electron chi connectivity index (χ2n) is 23.8. The van der Waals surface area contributed by atoms with Gasteiger partial charge in [-0.15, -0.1) is 0 Å². The van der Waals surface area contributed by atoms with E-state index >= 15 is 0 Å². The lowest BCUT2D eigenvalue weighted by Gasteiger charge is -2.18. The average molecular weight is 1080 g/mol. The zero-order valence-electron chi connectivity index (χ0n) is 52.3. The molecule has 0 saturated carbocycles. The monoisotopic (exact) mass is 1080 g/mol. The molecule has 77 heavy (non-hydrogen) atoms. The van der Waals surface area contributed by atoms with Crippen LogP contribution in [0.1, 0.15) is 393 Å². The highest BCUT2D eigenvalue weighted by Gasteiger charge is 2.19. The molecule has 6 heteroatoms. The zero-order valence-corrected chi connectivity index (χ0v) is 52.3. The van der Waals surface area contributed by atoms with E-state index in [2.05, 4.69) is 45.1 Å². The molecule has 0 aromatic rings. The van der Waals surface area contributed by atoms with Gasteiger partial charge in [0.15, 0.2) is 6.10 Å². The van der Waals surface area contributed by atoms with E-state index in [0.717, 1.165) is 77.0 Å². The molecular weight excluding hydrogens is 949 g/mol. The van der Waals surface area contributed by atoms with Gasteiger partial charge < -0.3 is 14.2 Å². The minimum absolute atomic E-state index is 0.0693. The van der Waals surface area contributed by atoms with Crippen LogP contribution in [0.2, 0.25) is 0 Å². The minimum atomic E-state index is -0.774. The van der Waals surface area contributed by atoms with Crippen molar-refractivity contribution in [3.8, 4) is 0 Å². The minimum Gasteiger partial charge on any atom is -0.462 e. The van der Waals surface area contributed by atoms with Crippen molar-refractivity contribution in [1.82, 2.24) is 0 Å². The molecule has 6 nitrogen and oxygen atoms in total. The van der Waals surface area contributed by atoms with E-state index in [9.17, 15) is 14.4 Å². The Balaban J connectivity index is 4.25. The summed E-state index contributed by atoms with van der Waals surface area (Å²) in [5.74, 6) is -0.851. The summed E-state index contributed by atoms with van der Waals surface area (Å²) in [4.78, 5) is 38.4. The maximum absolute atomic E-state index is 12.9.